The monoisotopic (exact) mass is 406 g/mol. The van der Waals surface area contributed by atoms with Gasteiger partial charge in [0.25, 0.3) is 0 Å². The van der Waals surface area contributed by atoms with Crippen molar-refractivity contribution in [3.8, 4) is 0 Å². The molecule has 0 heterocycles. The molecule has 0 bridgehead atoms. The topological polar surface area (TPSA) is 37.3 Å². The number of halogens is 2. The van der Waals surface area contributed by atoms with E-state index in [-0.39, 0.29) is 37.3 Å². The fraction of sp³-hybridized carbons (Fsp3) is 0.714. The summed E-state index contributed by atoms with van der Waals surface area (Å²) in [7, 11) is 1.79. The molecule has 7 heteroatoms. The first-order valence-electron chi connectivity index (χ1n) is 7.33. The van der Waals surface area contributed by atoms with Crippen molar-refractivity contribution in [2.24, 2.45) is 5.92 Å². The normalized spacial score (nSPS) is 20.9. The standard InChI is InChI=1S/C9H13.C2H5O.C2H7Si.CH3.2ClH.O.H2Si.Ti/c1-6-5-7(2)9(4)8(6)3;1-2-3;1-3-2;;;;;;/h6H,1-4H3;3H,1-2H2;3H,1-2H3;1H3;2*1H;;1H2;. The largest absolute Gasteiger partial charge is 0.147 e. The SMILES string of the molecule is CC1=C(C)C(C)[C]([Ti]([CH3])(=[O])(=[SiH2])([CH2]CO)[SiH](C)C)=C1C.Cl.Cl. The molecule has 0 fully saturated rings. The number of aliphatic hydroxyl groups excluding tert-OH is 1. The zero-order valence-electron chi connectivity index (χ0n) is 14.4. The van der Waals surface area contributed by atoms with Crippen molar-refractivity contribution in [3.63, 3.8) is 0 Å². The molecule has 1 aliphatic rings. The molecule has 1 rings (SSSR count). The molecule has 0 saturated carbocycles. The Morgan fingerprint density at radius 1 is 1.19 bits per heavy atom. The summed E-state index contributed by atoms with van der Waals surface area (Å²) in [5.74, 6) is 0.284. The third kappa shape index (κ3) is 3.42. The first-order chi connectivity index (χ1) is 8.32. The maximum atomic E-state index is 14.5. The number of allylic oxidation sites excluding steroid dienone is 4. The Balaban J connectivity index is 0. The average molecular weight is 407 g/mol. The van der Waals surface area contributed by atoms with Crippen molar-refractivity contribution in [2.75, 3.05) is 6.61 Å². The molecule has 1 aliphatic carbocycles. The van der Waals surface area contributed by atoms with E-state index >= 15 is 0 Å². The van der Waals surface area contributed by atoms with Crippen LogP contribution < -0.4 is 0 Å². The molecule has 2 nitrogen and oxygen atoms in total. The van der Waals surface area contributed by atoms with Gasteiger partial charge in [0.05, 0.1) is 0 Å². The van der Waals surface area contributed by atoms with E-state index in [2.05, 4.69) is 46.0 Å². The Kier molecular flexibility index (Phi) is 7.45. The molecule has 0 spiro atoms. The molecule has 126 valence electrons. The van der Waals surface area contributed by atoms with Gasteiger partial charge in [0.15, 0.2) is 0 Å². The van der Waals surface area contributed by atoms with Crippen molar-refractivity contribution >= 4 is 39.1 Å². The molecule has 0 saturated heterocycles. The average Bonchev–Trinajstić information content (AvgIpc) is 2.43. The van der Waals surface area contributed by atoms with E-state index in [4.69, 9.17) is 0 Å². The second kappa shape index (κ2) is 6.46. The van der Waals surface area contributed by atoms with E-state index in [0.717, 1.165) is 0 Å². The van der Waals surface area contributed by atoms with Crippen LogP contribution >= 0.6 is 24.8 Å². The van der Waals surface area contributed by atoms with Gasteiger partial charge in [-0.3, -0.25) is 0 Å². The fourth-order valence-electron chi connectivity index (χ4n) is 3.83. The van der Waals surface area contributed by atoms with Gasteiger partial charge in [-0.1, -0.05) is 0 Å². The van der Waals surface area contributed by atoms with Gasteiger partial charge in [0.2, 0.25) is 0 Å². The minimum absolute atomic E-state index is 0. The van der Waals surface area contributed by atoms with Crippen molar-refractivity contribution in [1.82, 2.24) is 0 Å². The Bertz CT molecular complexity index is 652. The van der Waals surface area contributed by atoms with E-state index in [9.17, 15) is 8.43 Å². The van der Waals surface area contributed by atoms with E-state index < -0.39 is 18.6 Å². The number of hydrogen-bond donors (Lipinski definition) is 1. The van der Waals surface area contributed by atoms with Crippen LogP contribution in [0.4, 0.5) is 0 Å². The summed E-state index contributed by atoms with van der Waals surface area (Å²) in [6.45, 7) is 11.6. The van der Waals surface area contributed by atoms with Crippen LogP contribution in [0.1, 0.15) is 27.7 Å². The van der Waals surface area contributed by atoms with Gasteiger partial charge >= 0.3 is 119 Å². The zero-order valence-corrected chi connectivity index (χ0v) is 20.2. The Hall–Kier alpha value is 0.968. The summed E-state index contributed by atoms with van der Waals surface area (Å²) >= 11 is -4.50. The second-order valence-electron chi connectivity index (χ2n) is 7.81. The summed E-state index contributed by atoms with van der Waals surface area (Å²) in [5.41, 5.74) is 3.92. The van der Waals surface area contributed by atoms with Crippen LogP contribution in [0.2, 0.25) is 23.0 Å². The Labute approximate surface area is 142 Å². The van der Waals surface area contributed by atoms with Crippen LogP contribution in [-0.2, 0) is 15.3 Å². The van der Waals surface area contributed by atoms with Gasteiger partial charge in [0, 0.05) is 0 Å². The fourth-order valence-corrected chi connectivity index (χ4v) is 22.6. The quantitative estimate of drug-likeness (QED) is 0.723. The molecule has 0 radical (unpaired) electrons. The molecule has 0 aliphatic heterocycles. The summed E-state index contributed by atoms with van der Waals surface area (Å²) in [6, 6.07) is 0. The summed E-state index contributed by atoms with van der Waals surface area (Å²) in [4.78, 5) is 0. The van der Waals surface area contributed by atoms with Crippen LogP contribution in [0.25, 0.3) is 0 Å². The smallest absolute Gasteiger partial charge is 0.147 e. The first-order valence-corrected chi connectivity index (χ1v) is 21.0. The predicted molar refractivity (Wildman–Crippen MR) is 101 cm³/mol. The number of aliphatic hydroxyl groups is 1. The van der Waals surface area contributed by atoms with Gasteiger partial charge in [-0.05, 0) is 0 Å². The van der Waals surface area contributed by atoms with E-state index in [1.54, 1.807) is 7.63 Å². The molecule has 0 aromatic heterocycles. The van der Waals surface area contributed by atoms with Gasteiger partial charge in [0.1, 0.15) is 0 Å². The minimum Gasteiger partial charge on any atom is -0.147 e. The third-order valence-corrected chi connectivity index (χ3v) is 50.8. The molecule has 0 aromatic carbocycles. The van der Waals surface area contributed by atoms with Crippen molar-refractivity contribution in [2.45, 2.75) is 50.7 Å². The summed E-state index contributed by atoms with van der Waals surface area (Å²) < 4.78 is 16.2. The molecule has 1 unspecified atom stereocenters. The van der Waals surface area contributed by atoms with Crippen LogP contribution in [0.5, 0.6) is 0 Å². The molecule has 0 amide bonds. The van der Waals surface area contributed by atoms with E-state index in [1.807, 2.05) is 0 Å². The van der Waals surface area contributed by atoms with Crippen molar-refractivity contribution in [3.05, 3.63) is 20.6 Å². The molecule has 1 N–H and O–H groups in total. The van der Waals surface area contributed by atoms with Gasteiger partial charge in [-0.15, -0.1) is 24.8 Å². The zero-order chi connectivity index (χ0) is 15.3. The Morgan fingerprint density at radius 2 is 1.62 bits per heavy atom. The molecule has 1 atom stereocenters. The van der Waals surface area contributed by atoms with E-state index in [0.29, 0.717) is 4.73 Å². The molecular formula is C14H32Cl2O2Si2Ti. The predicted octanol–water partition coefficient (Wildman–Crippen LogP) is 3.65. The Morgan fingerprint density at radius 3 is 1.86 bits per heavy atom. The first kappa shape index (κ1) is 24.2. The van der Waals surface area contributed by atoms with Crippen LogP contribution in [0.15, 0.2) is 20.6 Å². The van der Waals surface area contributed by atoms with Crippen LogP contribution in [0, 0.1) is 5.92 Å². The maximum absolute atomic E-state index is 14.5. The number of hydrogen-bond acceptors (Lipinski definition) is 2. The minimum atomic E-state index is -4.50. The maximum Gasteiger partial charge on any atom is -0.147 e. The van der Waals surface area contributed by atoms with Crippen molar-refractivity contribution in [1.29, 1.82) is 0 Å². The summed E-state index contributed by atoms with van der Waals surface area (Å²) in [5, 5.41) is 11.6. The van der Waals surface area contributed by atoms with Gasteiger partial charge in [-0.2, -0.15) is 0 Å². The van der Waals surface area contributed by atoms with Crippen LogP contribution in [-0.4, -0.2) is 26.0 Å². The third-order valence-electron chi connectivity index (χ3n) is 6.38. The van der Waals surface area contributed by atoms with Crippen LogP contribution in [0.3, 0.4) is 0 Å². The second-order valence-corrected chi connectivity index (χ2v) is 47.5. The van der Waals surface area contributed by atoms with Gasteiger partial charge in [-0.25, -0.2) is 0 Å². The summed E-state index contributed by atoms with van der Waals surface area (Å²) in [6.07, 6.45) is 0. The molecule has 0 aromatic rings. The van der Waals surface area contributed by atoms with E-state index in [1.165, 1.54) is 20.6 Å². The number of rotatable bonds is 4. The van der Waals surface area contributed by atoms with Crippen molar-refractivity contribution < 1.29 is 20.4 Å². The molecular weight excluding hydrogens is 375 g/mol. The van der Waals surface area contributed by atoms with Gasteiger partial charge < -0.3 is 0 Å². The molecule has 21 heavy (non-hydrogen) atoms.